The van der Waals surface area contributed by atoms with Gasteiger partial charge in [0.1, 0.15) is 5.54 Å². The number of benzene rings is 1. The normalized spacial score (nSPS) is 19.1. The molecule has 1 aromatic heterocycles. The van der Waals surface area contributed by atoms with Crippen LogP contribution < -0.4 is 0 Å². The molecule has 0 unspecified atom stereocenters. The van der Waals surface area contributed by atoms with Gasteiger partial charge in [0.15, 0.2) is 0 Å². The molecule has 0 bridgehead atoms. The Morgan fingerprint density at radius 2 is 1.68 bits per heavy atom. The highest BCUT2D eigenvalue weighted by Crippen LogP contribution is 2.38. The molecule has 6 heteroatoms. The third kappa shape index (κ3) is 4.49. The van der Waals surface area contributed by atoms with E-state index in [9.17, 15) is 9.59 Å². The number of amides is 3. The quantitative estimate of drug-likeness (QED) is 0.637. The van der Waals surface area contributed by atoms with Crippen molar-refractivity contribution in [2.75, 3.05) is 19.6 Å². The minimum Gasteiger partial charge on any atom is -0.309 e. The second-order valence-electron chi connectivity index (χ2n) is 9.16. The monoisotopic (exact) mass is 420 g/mol. The third-order valence-corrected chi connectivity index (χ3v) is 6.55. The predicted molar refractivity (Wildman–Crippen MR) is 120 cm³/mol. The first kappa shape index (κ1) is 21.5. The fraction of sp³-hybridized carbons (Fsp3) is 0.480. The molecule has 4 rings (SSSR count). The molecule has 3 amide bonds. The second-order valence-corrected chi connectivity index (χ2v) is 9.16. The van der Waals surface area contributed by atoms with Crippen LogP contribution in [0.2, 0.25) is 0 Å². The Bertz CT molecular complexity index is 892. The highest BCUT2D eigenvalue weighted by atomic mass is 16.2. The van der Waals surface area contributed by atoms with E-state index in [2.05, 4.69) is 48.0 Å². The lowest BCUT2D eigenvalue weighted by atomic mass is 9.85. The maximum Gasteiger partial charge on any atom is 0.327 e. The molecule has 3 heterocycles. The summed E-state index contributed by atoms with van der Waals surface area (Å²) in [6.07, 6.45) is 5.70. The van der Waals surface area contributed by atoms with Gasteiger partial charge in [-0.3, -0.25) is 19.6 Å². The number of urea groups is 1. The molecule has 0 aliphatic carbocycles. The average Bonchev–Trinajstić information content (AvgIpc) is 2.96. The number of hydrogen-bond donors (Lipinski definition) is 0. The molecule has 0 atom stereocenters. The first-order valence-electron chi connectivity index (χ1n) is 11.3. The van der Waals surface area contributed by atoms with Crippen LogP contribution in [0.3, 0.4) is 0 Å². The van der Waals surface area contributed by atoms with Crippen molar-refractivity contribution in [3.8, 4) is 0 Å². The van der Waals surface area contributed by atoms with Gasteiger partial charge in [-0.15, -0.1) is 0 Å². The van der Waals surface area contributed by atoms with Gasteiger partial charge in [-0.2, -0.15) is 0 Å². The molecule has 6 nitrogen and oxygen atoms in total. The highest BCUT2D eigenvalue weighted by Gasteiger charge is 2.57. The summed E-state index contributed by atoms with van der Waals surface area (Å²) in [6, 6.07) is 14.0. The summed E-state index contributed by atoms with van der Waals surface area (Å²) in [6.45, 7) is 7.74. The van der Waals surface area contributed by atoms with Crippen LogP contribution in [0.5, 0.6) is 0 Å². The van der Waals surface area contributed by atoms with Gasteiger partial charge in [0.2, 0.25) is 0 Å². The number of nitrogens with zero attached hydrogens (tertiary/aromatic N) is 4. The van der Waals surface area contributed by atoms with E-state index in [0.717, 1.165) is 31.6 Å². The van der Waals surface area contributed by atoms with Gasteiger partial charge >= 0.3 is 6.03 Å². The van der Waals surface area contributed by atoms with Crippen LogP contribution in [-0.4, -0.2) is 56.8 Å². The number of piperidine rings is 1. The van der Waals surface area contributed by atoms with Crippen molar-refractivity contribution < 1.29 is 9.59 Å². The predicted octanol–water partition coefficient (Wildman–Crippen LogP) is 3.93. The van der Waals surface area contributed by atoms with Crippen LogP contribution in [0.15, 0.2) is 54.9 Å². The summed E-state index contributed by atoms with van der Waals surface area (Å²) in [5.74, 6) is 0.440. The molecule has 0 radical (unpaired) electrons. The first-order valence-corrected chi connectivity index (χ1v) is 11.3. The number of pyridine rings is 1. The number of hydrogen-bond acceptors (Lipinski definition) is 4. The standard InChI is InChI=1S/C25H32N4O2/c1-20(2)10-14-29-24(31)28(19-22-9-6-13-26-17-22)23(30)25(29)11-15-27(16-12-25)18-21-7-4-3-5-8-21/h3-9,13,17,20H,10-12,14-16,18-19H2,1-2H3. The van der Waals surface area contributed by atoms with Crippen molar-refractivity contribution in [3.63, 3.8) is 0 Å². The topological polar surface area (TPSA) is 56.8 Å². The molecule has 2 aromatic rings. The summed E-state index contributed by atoms with van der Waals surface area (Å²) in [5, 5.41) is 0. The SMILES string of the molecule is CC(C)CCN1C(=O)N(Cc2cccnc2)C(=O)C12CCN(Cc1ccccc1)CC2. The molecule has 1 spiro atoms. The summed E-state index contributed by atoms with van der Waals surface area (Å²) in [5.41, 5.74) is 1.45. The van der Waals surface area contributed by atoms with Gasteiger partial charge in [-0.1, -0.05) is 50.2 Å². The molecule has 2 aliphatic rings. The maximum atomic E-state index is 13.6. The van der Waals surface area contributed by atoms with E-state index >= 15 is 0 Å². The Hall–Kier alpha value is -2.73. The lowest BCUT2D eigenvalue weighted by molar-refractivity contribution is -0.136. The zero-order valence-electron chi connectivity index (χ0n) is 18.5. The fourth-order valence-corrected chi connectivity index (χ4v) is 4.70. The van der Waals surface area contributed by atoms with Crippen LogP contribution in [0, 0.1) is 5.92 Å². The number of imide groups is 1. The molecule has 2 fully saturated rings. The molecular formula is C25H32N4O2. The first-order chi connectivity index (χ1) is 15.0. The van der Waals surface area contributed by atoms with Crippen LogP contribution in [0.4, 0.5) is 4.79 Å². The van der Waals surface area contributed by atoms with Crippen molar-refractivity contribution in [2.24, 2.45) is 5.92 Å². The van der Waals surface area contributed by atoms with E-state index < -0.39 is 5.54 Å². The van der Waals surface area contributed by atoms with E-state index in [0.29, 0.717) is 31.8 Å². The smallest absolute Gasteiger partial charge is 0.309 e. The number of aromatic nitrogens is 1. The number of likely N-dealkylation sites (tertiary alicyclic amines) is 1. The van der Waals surface area contributed by atoms with Crippen LogP contribution >= 0.6 is 0 Å². The van der Waals surface area contributed by atoms with E-state index in [1.54, 1.807) is 12.4 Å². The third-order valence-electron chi connectivity index (χ3n) is 6.55. The van der Waals surface area contributed by atoms with Crippen LogP contribution in [-0.2, 0) is 17.9 Å². The van der Waals surface area contributed by atoms with E-state index in [1.165, 1.54) is 10.5 Å². The number of carbonyl (C=O) groups is 2. The molecule has 0 N–H and O–H groups in total. The van der Waals surface area contributed by atoms with Gasteiger partial charge in [0.25, 0.3) is 5.91 Å². The van der Waals surface area contributed by atoms with Gasteiger partial charge in [0, 0.05) is 38.6 Å². The minimum absolute atomic E-state index is 0.0375. The van der Waals surface area contributed by atoms with Gasteiger partial charge in [-0.05, 0) is 42.4 Å². The summed E-state index contributed by atoms with van der Waals surface area (Å²) in [7, 11) is 0. The number of rotatable bonds is 7. The summed E-state index contributed by atoms with van der Waals surface area (Å²) in [4.78, 5) is 36.9. The van der Waals surface area contributed by atoms with Crippen molar-refractivity contribution in [3.05, 3.63) is 66.0 Å². The molecule has 0 saturated carbocycles. The fourth-order valence-electron chi connectivity index (χ4n) is 4.70. The Morgan fingerprint density at radius 3 is 2.32 bits per heavy atom. The zero-order chi connectivity index (χ0) is 21.8. The van der Waals surface area contributed by atoms with E-state index in [4.69, 9.17) is 0 Å². The Kier molecular flexibility index (Phi) is 6.37. The maximum absolute atomic E-state index is 13.6. The van der Waals surface area contributed by atoms with E-state index in [-0.39, 0.29) is 11.9 Å². The minimum atomic E-state index is -0.707. The number of carbonyl (C=O) groups excluding carboxylic acids is 2. The lowest BCUT2D eigenvalue weighted by Gasteiger charge is -2.42. The average molecular weight is 421 g/mol. The van der Waals surface area contributed by atoms with Crippen LogP contribution in [0.1, 0.15) is 44.2 Å². The molecule has 1 aromatic carbocycles. The molecule has 31 heavy (non-hydrogen) atoms. The molecule has 2 saturated heterocycles. The molecular weight excluding hydrogens is 388 g/mol. The van der Waals surface area contributed by atoms with Crippen molar-refractivity contribution in [2.45, 2.75) is 51.7 Å². The van der Waals surface area contributed by atoms with Crippen molar-refractivity contribution >= 4 is 11.9 Å². The van der Waals surface area contributed by atoms with Crippen molar-refractivity contribution in [1.82, 2.24) is 19.7 Å². The summed E-state index contributed by atoms with van der Waals surface area (Å²) < 4.78 is 0. The molecule has 164 valence electrons. The Balaban J connectivity index is 1.52. The summed E-state index contributed by atoms with van der Waals surface area (Å²) >= 11 is 0. The lowest BCUT2D eigenvalue weighted by Crippen LogP contribution is -2.56. The Morgan fingerprint density at radius 1 is 0.968 bits per heavy atom. The molecule has 2 aliphatic heterocycles. The Labute approximate surface area is 184 Å². The zero-order valence-corrected chi connectivity index (χ0v) is 18.5. The van der Waals surface area contributed by atoms with Gasteiger partial charge < -0.3 is 4.90 Å². The van der Waals surface area contributed by atoms with Gasteiger partial charge in [-0.25, -0.2) is 4.79 Å². The highest BCUT2D eigenvalue weighted by molar-refractivity contribution is 6.07. The second kappa shape index (κ2) is 9.18. The van der Waals surface area contributed by atoms with Crippen LogP contribution in [0.25, 0.3) is 0 Å². The van der Waals surface area contributed by atoms with Crippen molar-refractivity contribution in [1.29, 1.82) is 0 Å². The van der Waals surface area contributed by atoms with E-state index in [1.807, 2.05) is 23.1 Å². The van der Waals surface area contributed by atoms with Gasteiger partial charge in [0.05, 0.1) is 6.54 Å². The largest absolute Gasteiger partial charge is 0.327 e.